The first-order valence-corrected chi connectivity index (χ1v) is 6.65. The third-order valence-electron chi connectivity index (χ3n) is 2.78. The number of hydrogen-bond acceptors (Lipinski definition) is 4. The van der Waals surface area contributed by atoms with E-state index in [-0.39, 0.29) is 5.78 Å². The highest BCUT2D eigenvalue weighted by atomic mass is 16.6. The summed E-state index contributed by atoms with van der Waals surface area (Å²) < 4.78 is 6.58. The van der Waals surface area contributed by atoms with Gasteiger partial charge in [-0.3, -0.25) is 9.78 Å². The molecule has 0 N–H and O–H groups in total. The molecular formula is C16H18N2O3. The van der Waals surface area contributed by atoms with E-state index in [9.17, 15) is 9.59 Å². The number of hydrogen-bond donors (Lipinski definition) is 0. The molecule has 0 saturated heterocycles. The van der Waals surface area contributed by atoms with E-state index in [0.29, 0.717) is 5.69 Å². The largest absolute Gasteiger partial charge is 0.443 e. The maximum absolute atomic E-state index is 12.2. The lowest BCUT2D eigenvalue weighted by molar-refractivity contribution is 0.0528. The minimum Gasteiger partial charge on any atom is -0.443 e. The van der Waals surface area contributed by atoms with E-state index in [1.54, 1.807) is 45.4 Å². The highest BCUT2D eigenvalue weighted by Gasteiger charge is 2.22. The summed E-state index contributed by atoms with van der Waals surface area (Å²) in [5.41, 5.74) is 1.34. The first-order valence-electron chi connectivity index (χ1n) is 6.65. The van der Waals surface area contributed by atoms with Crippen molar-refractivity contribution in [2.45, 2.75) is 33.3 Å². The van der Waals surface area contributed by atoms with Gasteiger partial charge in [0, 0.05) is 31.1 Å². The van der Waals surface area contributed by atoms with Gasteiger partial charge in [0.1, 0.15) is 5.60 Å². The van der Waals surface area contributed by atoms with Crippen molar-refractivity contribution in [1.29, 1.82) is 0 Å². The molecule has 0 fully saturated rings. The Morgan fingerprint density at radius 2 is 1.76 bits per heavy atom. The average Bonchev–Trinajstić information content (AvgIpc) is 2.83. The van der Waals surface area contributed by atoms with E-state index in [2.05, 4.69) is 4.98 Å². The van der Waals surface area contributed by atoms with Gasteiger partial charge in [0.15, 0.2) is 5.78 Å². The highest BCUT2D eigenvalue weighted by molar-refractivity contribution is 5.97. The molecule has 0 radical (unpaired) electrons. The van der Waals surface area contributed by atoms with Crippen LogP contribution in [0.1, 0.15) is 38.2 Å². The Kier molecular flexibility index (Phi) is 3.93. The number of pyridine rings is 1. The molecule has 2 rings (SSSR count). The number of carbonyl (C=O) groups is 2. The summed E-state index contributed by atoms with van der Waals surface area (Å²) in [6.07, 6.45) is 4.37. The molecule has 0 aliphatic carbocycles. The molecule has 0 aliphatic heterocycles. The summed E-state index contributed by atoms with van der Waals surface area (Å²) in [5.74, 6) is -0.193. The van der Waals surface area contributed by atoms with Crippen molar-refractivity contribution < 1.29 is 14.3 Å². The molecule has 0 spiro atoms. The smallest absolute Gasteiger partial charge is 0.419 e. The van der Waals surface area contributed by atoms with Gasteiger partial charge in [-0.1, -0.05) is 0 Å². The Hall–Kier alpha value is -2.43. The monoisotopic (exact) mass is 286 g/mol. The van der Waals surface area contributed by atoms with Crippen LogP contribution in [-0.4, -0.2) is 27.0 Å². The molecule has 5 heteroatoms. The second-order valence-corrected chi connectivity index (χ2v) is 5.76. The zero-order valence-corrected chi connectivity index (χ0v) is 12.6. The number of carbonyl (C=O) groups excluding carboxylic acids is 2. The maximum atomic E-state index is 12.2. The van der Waals surface area contributed by atoms with Crippen LogP contribution in [0.15, 0.2) is 36.8 Å². The molecule has 0 aromatic carbocycles. The molecule has 0 bridgehead atoms. The standard InChI is InChI=1S/C16H18N2O3/c1-11(19)14-9-13(12-5-7-17-8-6-12)10-18(14)15(20)21-16(2,3)4/h5-10H,1-4H3. The van der Waals surface area contributed by atoms with Crippen molar-refractivity contribution >= 4 is 11.9 Å². The van der Waals surface area contributed by atoms with Crippen LogP contribution in [0.4, 0.5) is 4.79 Å². The van der Waals surface area contributed by atoms with Gasteiger partial charge >= 0.3 is 6.09 Å². The van der Waals surface area contributed by atoms with Crippen LogP contribution < -0.4 is 0 Å². The molecule has 110 valence electrons. The van der Waals surface area contributed by atoms with Gasteiger partial charge in [0.2, 0.25) is 0 Å². The van der Waals surface area contributed by atoms with Crippen LogP contribution in [0.5, 0.6) is 0 Å². The van der Waals surface area contributed by atoms with Crippen LogP contribution in [0.25, 0.3) is 11.1 Å². The number of aromatic nitrogens is 2. The van der Waals surface area contributed by atoms with Crippen molar-refractivity contribution in [2.24, 2.45) is 0 Å². The zero-order chi connectivity index (χ0) is 15.6. The second-order valence-electron chi connectivity index (χ2n) is 5.76. The zero-order valence-electron chi connectivity index (χ0n) is 12.6. The van der Waals surface area contributed by atoms with E-state index in [1.165, 1.54) is 11.5 Å². The molecule has 2 heterocycles. The van der Waals surface area contributed by atoms with E-state index in [4.69, 9.17) is 4.74 Å². The second kappa shape index (κ2) is 5.52. The van der Waals surface area contributed by atoms with Gasteiger partial charge in [-0.25, -0.2) is 9.36 Å². The molecule has 2 aromatic heterocycles. The molecular weight excluding hydrogens is 268 g/mol. The quantitative estimate of drug-likeness (QED) is 0.792. The number of ketones is 1. The summed E-state index contributed by atoms with van der Waals surface area (Å²) in [6.45, 7) is 6.77. The van der Waals surface area contributed by atoms with Gasteiger partial charge in [-0.05, 0) is 44.5 Å². The minimum absolute atomic E-state index is 0.193. The van der Waals surface area contributed by atoms with E-state index >= 15 is 0 Å². The predicted molar refractivity (Wildman–Crippen MR) is 79.3 cm³/mol. The lowest BCUT2D eigenvalue weighted by atomic mass is 10.1. The molecule has 2 aromatic rings. The third-order valence-corrected chi connectivity index (χ3v) is 2.78. The van der Waals surface area contributed by atoms with Crippen LogP contribution in [-0.2, 0) is 4.74 Å². The summed E-state index contributed by atoms with van der Waals surface area (Å²) in [4.78, 5) is 27.9. The lowest BCUT2D eigenvalue weighted by Crippen LogP contribution is -2.28. The van der Waals surface area contributed by atoms with Crippen molar-refractivity contribution in [2.75, 3.05) is 0 Å². The highest BCUT2D eigenvalue weighted by Crippen LogP contribution is 2.23. The Morgan fingerprint density at radius 3 is 2.29 bits per heavy atom. The summed E-state index contributed by atoms with van der Waals surface area (Å²) in [7, 11) is 0. The first kappa shape index (κ1) is 15.0. The lowest BCUT2D eigenvalue weighted by Gasteiger charge is -2.20. The normalized spacial score (nSPS) is 11.2. The fourth-order valence-electron chi connectivity index (χ4n) is 1.90. The Bertz CT molecular complexity index is 667. The third kappa shape index (κ3) is 3.56. The number of Topliss-reactive ketones (excluding diaryl/α,β-unsaturated/α-hetero) is 1. The fraction of sp³-hybridized carbons (Fsp3) is 0.312. The number of rotatable bonds is 2. The van der Waals surface area contributed by atoms with E-state index in [1.807, 2.05) is 12.1 Å². The summed E-state index contributed by atoms with van der Waals surface area (Å²) in [6, 6.07) is 5.32. The van der Waals surface area contributed by atoms with Crippen molar-refractivity contribution in [3.63, 3.8) is 0 Å². The van der Waals surface area contributed by atoms with Gasteiger partial charge in [0.25, 0.3) is 0 Å². The Balaban J connectivity index is 2.44. The van der Waals surface area contributed by atoms with Gasteiger partial charge in [0.05, 0.1) is 5.69 Å². The summed E-state index contributed by atoms with van der Waals surface area (Å²) >= 11 is 0. The van der Waals surface area contributed by atoms with Gasteiger partial charge < -0.3 is 4.74 Å². The Morgan fingerprint density at radius 1 is 1.14 bits per heavy atom. The number of ether oxygens (including phenoxy) is 1. The van der Waals surface area contributed by atoms with Crippen LogP contribution >= 0.6 is 0 Å². The Labute approximate surface area is 123 Å². The minimum atomic E-state index is -0.619. The molecule has 0 unspecified atom stereocenters. The molecule has 0 saturated carbocycles. The molecule has 0 amide bonds. The van der Waals surface area contributed by atoms with Crippen LogP contribution in [0.3, 0.4) is 0 Å². The van der Waals surface area contributed by atoms with Crippen molar-refractivity contribution in [3.8, 4) is 11.1 Å². The van der Waals surface area contributed by atoms with Crippen molar-refractivity contribution in [3.05, 3.63) is 42.5 Å². The molecule has 21 heavy (non-hydrogen) atoms. The van der Waals surface area contributed by atoms with E-state index < -0.39 is 11.7 Å². The topological polar surface area (TPSA) is 61.2 Å². The van der Waals surface area contributed by atoms with E-state index in [0.717, 1.165) is 11.1 Å². The first-order chi connectivity index (χ1) is 9.78. The fourth-order valence-corrected chi connectivity index (χ4v) is 1.90. The average molecular weight is 286 g/mol. The van der Waals surface area contributed by atoms with Crippen molar-refractivity contribution in [1.82, 2.24) is 9.55 Å². The summed E-state index contributed by atoms with van der Waals surface area (Å²) in [5, 5.41) is 0. The predicted octanol–water partition coefficient (Wildman–Crippen LogP) is 3.54. The molecule has 5 nitrogen and oxygen atoms in total. The van der Waals surface area contributed by atoms with Crippen LogP contribution in [0, 0.1) is 0 Å². The SMILES string of the molecule is CC(=O)c1cc(-c2ccncc2)cn1C(=O)OC(C)(C)C. The molecule has 0 atom stereocenters. The van der Waals surface area contributed by atoms with Gasteiger partial charge in [-0.15, -0.1) is 0 Å². The van der Waals surface area contributed by atoms with Gasteiger partial charge in [-0.2, -0.15) is 0 Å². The number of nitrogens with zero attached hydrogens (tertiary/aromatic N) is 2. The molecule has 0 aliphatic rings. The maximum Gasteiger partial charge on any atom is 0.419 e. The van der Waals surface area contributed by atoms with Crippen LogP contribution in [0.2, 0.25) is 0 Å².